The van der Waals surface area contributed by atoms with Crippen LogP contribution < -0.4 is 0 Å². The van der Waals surface area contributed by atoms with E-state index >= 15 is 0 Å². The van der Waals surface area contributed by atoms with Crippen LogP contribution in [-0.4, -0.2) is 31.7 Å². The molecule has 19 heavy (non-hydrogen) atoms. The highest BCUT2D eigenvalue weighted by molar-refractivity contribution is 6.60. The first kappa shape index (κ1) is 16.4. The number of aliphatic carboxylic acids is 1. The highest BCUT2D eigenvalue weighted by Crippen LogP contribution is 2.38. The SMILES string of the molecule is CCCCC(=C(C)C(=O)O)C1([SiH](C)C)CCCCO1. The summed E-state index contributed by atoms with van der Waals surface area (Å²) < 4.78 is 6.20. The Hall–Kier alpha value is -0.613. The molecule has 0 aromatic rings. The Balaban J connectivity index is 3.18. The second-order valence-electron chi connectivity index (χ2n) is 5.86. The summed E-state index contributed by atoms with van der Waals surface area (Å²) >= 11 is 0. The summed E-state index contributed by atoms with van der Waals surface area (Å²) in [5.74, 6) is -0.783. The fourth-order valence-corrected chi connectivity index (χ4v) is 5.35. The van der Waals surface area contributed by atoms with E-state index in [4.69, 9.17) is 4.74 Å². The summed E-state index contributed by atoms with van der Waals surface area (Å²) in [4.78, 5) is 11.4. The molecule has 110 valence electrons. The smallest absolute Gasteiger partial charge is 0.331 e. The third-order valence-electron chi connectivity index (χ3n) is 4.30. The van der Waals surface area contributed by atoms with Gasteiger partial charge in [0.2, 0.25) is 0 Å². The van der Waals surface area contributed by atoms with Gasteiger partial charge in [-0.3, -0.25) is 0 Å². The number of unbranched alkanes of at least 4 members (excludes halogenated alkanes) is 1. The number of carboxylic acids is 1. The minimum Gasteiger partial charge on any atom is -0.478 e. The van der Waals surface area contributed by atoms with Crippen LogP contribution in [0.5, 0.6) is 0 Å². The topological polar surface area (TPSA) is 46.5 Å². The number of hydrogen-bond acceptors (Lipinski definition) is 2. The van der Waals surface area contributed by atoms with E-state index in [1.165, 1.54) is 0 Å². The predicted molar refractivity (Wildman–Crippen MR) is 81.3 cm³/mol. The molecule has 1 atom stereocenters. The maximum Gasteiger partial charge on any atom is 0.331 e. The molecule has 0 aromatic heterocycles. The van der Waals surface area contributed by atoms with Gasteiger partial charge in [-0.2, -0.15) is 0 Å². The zero-order chi connectivity index (χ0) is 14.5. The lowest BCUT2D eigenvalue weighted by Gasteiger charge is -2.43. The lowest BCUT2D eigenvalue weighted by atomic mass is 9.92. The lowest BCUT2D eigenvalue weighted by molar-refractivity contribution is -0.132. The first-order chi connectivity index (χ1) is 8.95. The average Bonchev–Trinajstić information content (AvgIpc) is 2.39. The van der Waals surface area contributed by atoms with Crippen LogP contribution in [0.3, 0.4) is 0 Å². The maximum atomic E-state index is 11.4. The first-order valence-corrected chi connectivity index (χ1v) is 10.4. The van der Waals surface area contributed by atoms with Crippen LogP contribution in [0.4, 0.5) is 0 Å². The van der Waals surface area contributed by atoms with Crippen molar-refractivity contribution >= 4 is 14.8 Å². The minimum atomic E-state index is -1.13. The van der Waals surface area contributed by atoms with Crippen molar-refractivity contribution < 1.29 is 14.6 Å². The molecular formula is C15H28O3Si. The van der Waals surface area contributed by atoms with Crippen molar-refractivity contribution in [3.63, 3.8) is 0 Å². The van der Waals surface area contributed by atoms with E-state index in [9.17, 15) is 9.90 Å². The minimum absolute atomic E-state index is 0.212. The molecule has 0 saturated carbocycles. The molecule has 0 radical (unpaired) electrons. The van der Waals surface area contributed by atoms with Gasteiger partial charge in [0, 0.05) is 12.2 Å². The molecule has 0 bridgehead atoms. The monoisotopic (exact) mass is 284 g/mol. The first-order valence-electron chi connectivity index (χ1n) is 7.53. The van der Waals surface area contributed by atoms with E-state index in [0.717, 1.165) is 50.7 Å². The number of carboxylic acid groups (broad SMARTS) is 1. The van der Waals surface area contributed by atoms with E-state index in [1.807, 2.05) is 0 Å². The summed E-state index contributed by atoms with van der Waals surface area (Å²) in [5, 5.41) is 9.17. The normalized spacial score (nSPS) is 25.3. The zero-order valence-corrected chi connectivity index (χ0v) is 13.9. The second kappa shape index (κ2) is 7.24. The van der Waals surface area contributed by atoms with Crippen LogP contribution in [-0.2, 0) is 9.53 Å². The quantitative estimate of drug-likeness (QED) is 0.599. The van der Waals surface area contributed by atoms with Crippen molar-refractivity contribution in [2.75, 3.05) is 6.61 Å². The predicted octanol–water partition coefficient (Wildman–Crippen LogP) is 3.54. The standard InChI is InChI=1S/C15H28O3Si/c1-5-6-9-13(12(2)14(16)17)15(19(3)4)10-7-8-11-18-15/h19H,5-11H2,1-4H3,(H,16,17). The molecule has 1 aliphatic heterocycles. The molecule has 1 N–H and O–H groups in total. The van der Waals surface area contributed by atoms with Gasteiger partial charge < -0.3 is 9.84 Å². The van der Waals surface area contributed by atoms with Gasteiger partial charge in [-0.15, -0.1) is 0 Å². The molecule has 1 unspecified atom stereocenters. The van der Waals surface area contributed by atoms with Crippen LogP contribution in [0.2, 0.25) is 13.1 Å². The van der Waals surface area contributed by atoms with Crippen molar-refractivity contribution in [1.29, 1.82) is 0 Å². The Kier molecular flexibility index (Phi) is 6.27. The molecular weight excluding hydrogens is 256 g/mol. The lowest BCUT2D eigenvalue weighted by Crippen LogP contribution is -2.49. The molecule has 1 saturated heterocycles. The van der Waals surface area contributed by atoms with Crippen molar-refractivity contribution in [3.8, 4) is 0 Å². The fraction of sp³-hybridized carbons (Fsp3) is 0.800. The van der Waals surface area contributed by atoms with Gasteiger partial charge in [0.05, 0.1) is 14.0 Å². The van der Waals surface area contributed by atoms with Crippen molar-refractivity contribution in [2.45, 2.75) is 70.7 Å². The second-order valence-corrected chi connectivity index (χ2v) is 9.10. The van der Waals surface area contributed by atoms with Gasteiger partial charge in [-0.1, -0.05) is 26.4 Å². The van der Waals surface area contributed by atoms with Gasteiger partial charge in [0.1, 0.15) is 0 Å². The van der Waals surface area contributed by atoms with Crippen LogP contribution in [0, 0.1) is 0 Å². The van der Waals surface area contributed by atoms with Crippen molar-refractivity contribution in [2.24, 2.45) is 0 Å². The van der Waals surface area contributed by atoms with Crippen molar-refractivity contribution in [1.82, 2.24) is 0 Å². The van der Waals surface area contributed by atoms with Gasteiger partial charge in [-0.05, 0) is 44.6 Å². The molecule has 1 fully saturated rings. The Morgan fingerprint density at radius 1 is 1.37 bits per heavy atom. The molecule has 1 heterocycles. The number of ether oxygens (including phenoxy) is 1. The largest absolute Gasteiger partial charge is 0.478 e. The molecule has 0 spiro atoms. The Morgan fingerprint density at radius 3 is 2.47 bits per heavy atom. The van der Waals surface area contributed by atoms with E-state index < -0.39 is 14.8 Å². The van der Waals surface area contributed by atoms with Crippen LogP contribution in [0.15, 0.2) is 11.1 Å². The average molecular weight is 284 g/mol. The van der Waals surface area contributed by atoms with Gasteiger partial charge in [-0.25, -0.2) is 4.79 Å². The van der Waals surface area contributed by atoms with Gasteiger partial charge in [0.25, 0.3) is 0 Å². The third-order valence-corrected chi connectivity index (χ3v) is 6.97. The van der Waals surface area contributed by atoms with Crippen LogP contribution >= 0.6 is 0 Å². The molecule has 3 nitrogen and oxygen atoms in total. The third kappa shape index (κ3) is 3.69. The molecule has 0 aliphatic carbocycles. The number of carbonyl (C=O) groups is 1. The highest BCUT2D eigenvalue weighted by atomic mass is 28.3. The van der Waals surface area contributed by atoms with Crippen molar-refractivity contribution in [3.05, 3.63) is 11.1 Å². The highest BCUT2D eigenvalue weighted by Gasteiger charge is 2.41. The molecule has 1 rings (SSSR count). The zero-order valence-electron chi connectivity index (χ0n) is 12.8. The fourth-order valence-electron chi connectivity index (χ4n) is 3.06. The van der Waals surface area contributed by atoms with Gasteiger partial charge in [0.15, 0.2) is 0 Å². The maximum absolute atomic E-state index is 11.4. The Bertz CT molecular complexity index is 341. The molecule has 4 heteroatoms. The van der Waals surface area contributed by atoms with Crippen LogP contribution in [0.1, 0.15) is 52.4 Å². The van der Waals surface area contributed by atoms with Gasteiger partial charge >= 0.3 is 5.97 Å². The van der Waals surface area contributed by atoms with Crippen LogP contribution in [0.25, 0.3) is 0 Å². The van der Waals surface area contributed by atoms with E-state index in [1.54, 1.807) is 6.92 Å². The Morgan fingerprint density at radius 2 is 2.05 bits per heavy atom. The molecule has 0 amide bonds. The summed E-state index contributed by atoms with van der Waals surface area (Å²) in [5.41, 5.74) is 1.61. The summed E-state index contributed by atoms with van der Waals surface area (Å²) in [6, 6.07) is 0. The summed E-state index contributed by atoms with van der Waals surface area (Å²) in [6.45, 7) is 9.26. The molecule has 1 aliphatic rings. The summed E-state index contributed by atoms with van der Waals surface area (Å²) in [6.07, 6.45) is 6.29. The number of rotatable bonds is 6. The Labute approximate surface area is 118 Å². The van der Waals surface area contributed by atoms with E-state index in [2.05, 4.69) is 20.0 Å². The molecule has 0 aromatic carbocycles. The van der Waals surface area contributed by atoms with E-state index in [-0.39, 0.29) is 5.22 Å². The van der Waals surface area contributed by atoms with E-state index in [0.29, 0.717) is 5.57 Å². The number of hydrogen-bond donors (Lipinski definition) is 1. The summed E-state index contributed by atoms with van der Waals surface area (Å²) in [7, 11) is -1.13.